The maximum Gasteiger partial charge on any atom is 0.291 e. The van der Waals surface area contributed by atoms with Gasteiger partial charge in [0.25, 0.3) is 5.91 Å². The molecule has 0 aliphatic carbocycles. The summed E-state index contributed by atoms with van der Waals surface area (Å²) in [5, 5.41) is 6.36. The van der Waals surface area contributed by atoms with Crippen molar-refractivity contribution < 1.29 is 9.53 Å². The van der Waals surface area contributed by atoms with Crippen LogP contribution in [-0.2, 0) is 11.3 Å². The largest absolute Gasteiger partial charge is 0.376 e. The lowest BCUT2D eigenvalue weighted by Crippen LogP contribution is -2.37. The topological polar surface area (TPSA) is 84.0 Å². The van der Waals surface area contributed by atoms with Gasteiger partial charge >= 0.3 is 0 Å². The quantitative estimate of drug-likeness (QED) is 0.887. The second kappa shape index (κ2) is 6.45. The molecule has 1 amide bonds. The minimum atomic E-state index is -0.167. The van der Waals surface area contributed by atoms with Crippen LogP contribution in [0.4, 0.5) is 0 Å². The summed E-state index contributed by atoms with van der Waals surface area (Å²) in [7, 11) is 0. The van der Waals surface area contributed by atoms with E-state index < -0.39 is 0 Å². The molecule has 7 nitrogen and oxygen atoms in total. The maximum absolute atomic E-state index is 12.5. The van der Waals surface area contributed by atoms with E-state index in [0.717, 1.165) is 25.0 Å². The molecule has 1 aliphatic rings. The molecule has 3 rings (SSSR count). The zero-order valence-electron chi connectivity index (χ0n) is 11.6. The van der Waals surface area contributed by atoms with Gasteiger partial charge in [0, 0.05) is 32.1 Å². The van der Waals surface area contributed by atoms with Crippen molar-refractivity contribution in [2.45, 2.75) is 25.5 Å². The number of aromatic amines is 1. The molecule has 1 unspecified atom stereocenters. The molecule has 3 heterocycles. The molecule has 2 aromatic heterocycles. The number of nitrogens with one attached hydrogen (secondary N) is 1. The molecule has 1 saturated heterocycles. The molecule has 7 heteroatoms. The van der Waals surface area contributed by atoms with Crippen LogP contribution in [0.15, 0.2) is 30.9 Å². The molecule has 21 heavy (non-hydrogen) atoms. The van der Waals surface area contributed by atoms with E-state index in [9.17, 15) is 4.79 Å². The predicted molar refractivity (Wildman–Crippen MR) is 74.3 cm³/mol. The maximum atomic E-state index is 12.5. The first-order chi connectivity index (χ1) is 10.3. The predicted octanol–water partition coefficient (Wildman–Crippen LogP) is 1.02. The lowest BCUT2D eigenvalue weighted by Gasteiger charge is -2.24. The number of H-pyrrole nitrogens is 1. The van der Waals surface area contributed by atoms with Gasteiger partial charge in [-0.3, -0.25) is 14.9 Å². The van der Waals surface area contributed by atoms with E-state index >= 15 is 0 Å². The Hall–Kier alpha value is -2.28. The molecule has 0 bridgehead atoms. The highest BCUT2D eigenvalue weighted by atomic mass is 16.5. The first kappa shape index (κ1) is 13.7. The fourth-order valence-electron chi connectivity index (χ4n) is 2.42. The molecule has 2 aromatic rings. The highest BCUT2D eigenvalue weighted by Gasteiger charge is 2.25. The van der Waals surface area contributed by atoms with Gasteiger partial charge in [-0.2, -0.15) is 5.10 Å². The Labute approximate surface area is 122 Å². The Balaban J connectivity index is 1.75. The number of nitrogens with zero attached hydrogens (tertiary/aromatic N) is 4. The molecule has 1 atom stereocenters. The van der Waals surface area contributed by atoms with Crippen molar-refractivity contribution in [2.75, 3.05) is 13.2 Å². The van der Waals surface area contributed by atoms with Gasteiger partial charge in [0.1, 0.15) is 6.33 Å². The highest BCUT2D eigenvalue weighted by molar-refractivity contribution is 5.90. The fraction of sp³-hybridized carbons (Fsp3) is 0.429. The van der Waals surface area contributed by atoms with E-state index in [1.165, 1.54) is 6.33 Å². The van der Waals surface area contributed by atoms with Gasteiger partial charge in [0.2, 0.25) is 5.82 Å². The third-order valence-corrected chi connectivity index (χ3v) is 3.48. The Bertz CT molecular complexity index is 566. The van der Waals surface area contributed by atoms with Crippen molar-refractivity contribution in [3.63, 3.8) is 0 Å². The Morgan fingerprint density at radius 3 is 2.95 bits per heavy atom. The molecule has 110 valence electrons. The van der Waals surface area contributed by atoms with Crippen LogP contribution in [0.2, 0.25) is 0 Å². The zero-order chi connectivity index (χ0) is 14.5. The number of carbonyl (C=O) groups excluding carboxylic acids is 1. The Kier molecular flexibility index (Phi) is 4.20. The molecule has 0 aromatic carbocycles. The molecular weight excluding hydrogens is 270 g/mol. The van der Waals surface area contributed by atoms with Gasteiger partial charge < -0.3 is 9.64 Å². The van der Waals surface area contributed by atoms with Gasteiger partial charge in [-0.25, -0.2) is 4.98 Å². The van der Waals surface area contributed by atoms with E-state index in [1.807, 2.05) is 12.1 Å². The molecule has 1 aliphatic heterocycles. The first-order valence-corrected chi connectivity index (χ1v) is 6.98. The number of hydrogen-bond donors (Lipinski definition) is 1. The van der Waals surface area contributed by atoms with Crippen LogP contribution in [0.25, 0.3) is 0 Å². The number of pyridine rings is 1. The van der Waals surface area contributed by atoms with E-state index in [4.69, 9.17) is 4.74 Å². The minimum Gasteiger partial charge on any atom is -0.376 e. The standard InChI is InChI=1S/C14H17N5O2/c20-14(13-16-10-17-18-13)19(9-12-2-1-7-21-12)8-11-3-5-15-6-4-11/h3-6,10,12H,1-2,7-9H2,(H,16,17,18). The van der Waals surface area contributed by atoms with Crippen LogP contribution in [0, 0.1) is 0 Å². The average molecular weight is 287 g/mol. The highest BCUT2D eigenvalue weighted by Crippen LogP contribution is 2.16. The SMILES string of the molecule is O=C(c1ncn[nH]1)N(Cc1ccncc1)CC1CCCO1. The van der Waals surface area contributed by atoms with E-state index in [2.05, 4.69) is 20.2 Å². The van der Waals surface area contributed by atoms with Gasteiger partial charge in [-0.1, -0.05) is 0 Å². The summed E-state index contributed by atoms with van der Waals surface area (Å²) in [4.78, 5) is 22.2. The van der Waals surface area contributed by atoms with Crippen molar-refractivity contribution in [3.8, 4) is 0 Å². The van der Waals surface area contributed by atoms with Gasteiger partial charge in [-0.05, 0) is 30.5 Å². The summed E-state index contributed by atoms with van der Waals surface area (Å²) < 4.78 is 5.64. The monoisotopic (exact) mass is 287 g/mol. The third-order valence-electron chi connectivity index (χ3n) is 3.48. The van der Waals surface area contributed by atoms with Crippen LogP contribution in [0.1, 0.15) is 29.0 Å². The van der Waals surface area contributed by atoms with Crippen molar-refractivity contribution in [3.05, 3.63) is 42.2 Å². The van der Waals surface area contributed by atoms with Gasteiger partial charge in [0.05, 0.1) is 6.10 Å². The molecule has 1 N–H and O–H groups in total. The normalized spacial score (nSPS) is 17.8. The van der Waals surface area contributed by atoms with Crippen molar-refractivity contribution in [1.29, 1.82) is 0 Å². The second-order valence-corrected chi connectivity index (χ2v) is 5.01. The smallest absolute Gasteiger partial charge is 0.291 e. The number of aromatic nitrogens is 4. The second-order valence-electron chi connectivity index (χ2n) is 5.01. The molecular formula is C14H17N5O2. The molecule has 1 fully saturated rings. The first-order valence-electron chi connectivity index (χ1n) is 6.98. The van der Waals surface area contributed by atoms with Gasteiger partial charge in [-0.15, -0.1) is 0 Å². The summed E-state index contributed by atoms with van der Waals surface area (Å²) in [6.07, 6.45) is 6.90. The van der Waals surface area contributed by atoms with Crippen molar-refractivity contribution in [2.24, 2.45) is 0 Å². The third kappa shape index (κ3) is 3.43. The van der Waals surface area contributed by atoms with Crippen molar-refractivity contribution in [1.82, 2.24) is 25.1 Å². The van der Waals surface area contributed by atoms with Crippen LogP contribution >= 0.6 is 0 Å². The summed E-state index contributed by atoms with van der Waals surface area (Å²) >= 11 is 0. The number of carbonyl (C=O) groups is 1. The van der Waals surface area contributed by atoms with E-state index in [0.29, 0.717) is 13.1 Å². The fourth-order valence-corrected chi connectivity index (χ4v) is 2.42. The molecule has 0 saturated carbocycles. The number of hydrogen-bond acceptors (Lipinski definition) is 5. The Morgan fingerprint density at radius 1 is 1.43 bits per heavy atom. The van der Waals surface area contributed by atoms with Crippen LogP contribution in [-0.4, -0.2) is 50.2 Å². The Morgan fingerprint density at radius 2 is 2.29 bits per heavy atom. The van der Waals surface area contributed by atoms with Crippen molar-refractivity contribution >= 4 is 5.91 Å². The molecule has 0 radical (unpaired) electrons. The van der Waals surface area contributed by atoms with Gasteiger partial charge in [0.15, 0.2) is 0 Å². The van der Waals surface area contributed by atoms with Crippen LogP contribution < -0.4 is 0 Å². The van der Waals surface area contributed by atoms with E-state index in [1.54, 1.807) is 17.3 Å². The average Bonchev–Trinajstić information content (AvgIpc) is 3.20. The van der Waals surface area contributed by atoms with E-state index in [-0.39, 0.29) is 17.8 Å². The lowest BCUT2D eigenvalue weighted by atomic mass is 10.2. The summed E-state index contributed by atoms with van der Waals surface area (Å²) in [6, 6.07) is 3.80. The number of rotatable bonds is 5. The molecule has 0 spiro atoms. The lowest BCUT2D eigenvalue weighted by molar-refractivity contribution is 0.0498. The number of ether oxygens (including phenoxy) is 1. The van der Waals surface area contributed by atoms with Crippen LogP contribution in [0.3, 0.4) is 0 Å². The summed E-state index contributed by atoms with van der Waals surface area (Å²) in [5.41, 5.74) is 1.02. The number of amides is 1. The summed E-state index contributed by atoms with van der Waals surface area (Å²) in [6.45, 7) is 1.83. The summed E-state index contributed by atoms with van der Waals surface area (Å²) in [5.74, 6) is 0.0851. The van der Waals surface area contributed by atoms with Crippen LogP contribution in [0.5, 0.6) is 0 Å². The minimum absolute atomic E-state index is 0.0960. The zero-order valence-corrected chi connectivity index (χ0v) is 11.6.